The molecule has 0 amide bonds. The fourth-order valence-corrected chi connectivity index (χ4v) is 5.67. The molecule has 3 aromatic rings. The quantitative estimate of drug-likeness (QED) is 0.231. The molecule has 1 aromatic carbocycles. The summed E-state index contributed by atoms with van der Waals surface area (Å²) in [5, 5.41) is 0. The fourth-order valence-electron chi connectivity index (χ4n) is 5.67. The molecular formula is C29H34F4N6. The van der Waals surface area contributed by atoms with E-state index in [9.17, 15) is 17.6 Å². The van der Waals surface area contributed by atoms with Crippen molar-refractivity contribution in [1.82, 2.24) is 19.5 Å². The van der Waals surface area contributed by atoms with Crippen molar-refractivity contribution in [2.24, 2.45) is 5.92 Å². The minimum absolute atomic E-state index is 0.135. The Hall–Kier alpha value is -3.43. The van der Waals surface area contributed by atoms with E-state index in [-0.39, 0.29) is 11.5 Å². The minimum atomic E-state index is -4.77. The van der Waals surface area contributed by atoms with Crippen LogP contribution in [0.3, 0.4) is 0 Å². The van der Waals surface area contributed by atoms with Crippen molar-refractivity contribution >= 4 is 17.7 Å². The second-order valence-electron chi connectivity index (χ2n) is 10.6. The molecular weight excluding hydrogens is 508 g/mol. The maximum atomic E-state index is 13.9. The average Bonchev–Trinajstić information content (AvgIpc) is 3.31. The number of aromatic nitrogens is 4. The molecule has 10 heteroatoms. The van der Waals surface area contributed by atoms with Crippen molar-refractivity contribution in [3.8, 4) is 11.3 Å². The van der Waals surface area contributed by atoms with E-state index < -0.39 is 17.6 Å². The van der Waals surface area contributed by atoms with Crippen molar-refractivity contribution in [2.75, 3.05) is 23.7 Å². The zero-order valence-electron chi connectivity index (χ0n) is 21.9. The molecule has 2 fully saturated rings. The average molecular weight is 543 g/mol. The summed E-state index contributed by atoms with van der Waals surface area (Å²) in [6, 6.07) is 3.11. The molecule has 1 saturated heterocycles. The lowest BCUT2D eigenvalue weighted by molar-refractivity contribution is -0.139. The van der Waals surface area contributed by atoms with Crippen molar-refractivity contribution in [3.63, 3.8) is 0 Å². The molecule has 3 heterocycles. The molecule has 2 aliphatic rings. The third-order valence-corrected chi connectivity index (χ3v) is 8.12. The van der Waals surface area contributed by atoms with Gasteiger partial charge in [-0.3, -0.25) is 0 Å². The first-order valence-electron chi connectivity index (χ1n) is 13.7. The van der Waals surface area contributed by atoms with Crippen LogP contribution in [0.2, 0.25) is 0 Å². The normalized spacial score (nSPS) is 16.9. The molecule has 1 saturated carbocycles. The summed E-state index contributed by atoms with van der Waals surface area (Å²) in [6.45, 7) is 6.04. The number of nitrogens with two attached hydrogens (primary N) is 1. The summed E-state index contributed by atoms with van der Waals surface area (Å²) in [6.07, 6.45) is 9.06. The van der Waals surface area contributed by atoms with Gasteiger partial charge in [0, 0.05) is 37.3 Å². The number of nitrogens with zero attached hydrogens (tertiary/aromatic N) is 5. The maximum absolute atomic E-state index is 13.9. The Kier molecular flexibility index (Phi) is 7.91. The second-order valence-corrected chi connectivity index (χ2v) is 10.6. The van der Waals surface area contributed by atoms with E-state index in [2.05, 4.69) is 26.0 Å². The predicted octanol–water partition coefficient (Wildman–Crippen LogP) is 7.08. The van der Waals surface area contributed by atoms with E-state index in [0.717, 1.165) is 75.0 Å². The summed E-state index contributed by atoms with van der Waals surface area (Å²) in [5.41, 5.74) is 6.16. The minimum Gasteiger partial charge on any atom is -0.383 e. The highest BCUT2D eigenvalue weighted by atomic mass is 19.4. The monoisotopic (exact) mass is 542 g/mol. The van der Waals surface area contributed by atoms with Crippen molar-refractivity contribution < 1.29 is 17.6 Å². The highest BCUT2D eigenvalue weighted by Gasteiger charge is 2.35. The maximum Gasteiger partial charge on any atom is 0.419 e. The van der Waals surface area contributed by atoms with Gasteiger partial charge in [0.05, 0.1) is 16.8 Å². The number of hydrogen-bond donors (Lipinski definition) is 1. The van der Waals surface area contributed by atoms with E-state index >= 15 is 0 Å². The number of aryl methyl sites for hydroxylation is 1. The molecule has 1 aliphatic carbocycles. The van der Waals surface area contributed by atoms with E-state index in [1.54, 1.807) is 6.08 Å². The SMILES string of the molecule is C=Cc1c(N)ncnc1N1CCC(c2nc(-c3ccc(F)c(C(F)(F)F)c3)cn2CCCCC2CCC2)CC1. The first-order chi connectivity index (χ1) is 18.7. The van der Waals surface area contributed by atoms with Crippen LogP contribution < -0.4 is 10.6 Å². The summed E-state index contributed by atoms with van der Waals surface area (Å²) >= 11 is 0. The van der Waals surface area contributed by atoms with Crippen LogP contribution in [0.4, 0.5) is 29.2 Å². The van der Waals surface area contributed by atoms with Gasteiger partial charge in [0.15, 0.2) is 0 Å². The number of nitrogen functional groups attached to an aromatic ring is 1. The van der Waals surface area contributed by atoms with Gasteiger partial charge in [-0.25, -0.2) is 19.3 Å². The van der Waals surface area contributed by atoms with Crippen LogP contribution in [0.5, 0.6) is 0 Å². The second kappa shape index (κ2) is 11.4. The van der Waals surface area contributed by atoms with E-state index in [1.807, 2.05) is 6.20 Å². The number of unbranched alkanes of at least 4 members (excludes halogenated alkanes) is 1. The first-order valence-corrected chi connectivity index (χ1v) is 13.7. The third-order valence-electron chi connectivity index (χ3n) is 8.12. The Balaban J connectivity index is 1.37. The predicted molar refractivity (Wildman–Crippen MR) is 145 cm³/mol. The zero-order valence-corrected chi connectivity index (χ0v) is 21.9. The van der Waals surface area contributed by atoms with E-state index in [0.29, 0.717) is 17.1 Å². The van der Waals surface area contributed by atoms with Gasteiger partial charge in [0.1, 0.15) is 29.6 Å². The number of alkyl halides is 3. The Morgan fingerprint density at radius 3 is 2.51 bits per heavy atom. The van der Waals surface area contributed by atoms with Crippen LogP contribution in [0, 0.1) is 11.7 Å². The molecule has 0 unspecified atom stereocenters. The van der Waals surface area contributed by atoms with Crippen molar-refractivity contribution in [2.45, 2.75) is 70.0 Å². The van der Waals surface area contributed by atoms with Gasteiger partial charge >= 0.3 is 6.18 Å². The molecule has 1 aliphatic heterocycles. The molecule has 5 rings (SSSR count). The van der Waals surface area contributed by atoms with E-state index in [1.165, 1.54) is 38.1 Å². The summed E-state index contributed by atoms with van der Waals surface area (Å²) in [4.78, 5) is 15.5. The molecule has 0 radical (unpaired) electrons. The van der Waals surface area contributed by atoms with Crippen LogP contribution >= 0.6 is 0 Å². The number of anilines is 2. The molecule has 2 aromatic heterocycles. The molecule has 39 heavy (non-hydrogen) atoms. The third kappa shape index (κ3) is 5.94. The summed E-state index contributed by atoms with van der Waals surface area (Å²) < 4.78 is 56.2. The largest absolute Gasteiger partial charge is 0.419 e. The molecule has 208 valence electrons. The Morgan fingerprint density at radius 2 is 1.85 bits per heavy atom. The lowest BCUT2D eigenvalue weighted by Gasteiger charge is -2.33. The number of rotatable bonds is 9. The van der Waals surface area contributed by atoms with Crippen molar-refractivity contribution in [3.05, 3.63) is 60.1 Å². The topological polar surface area (TPSA) is 72.9 Å². The van der Waals surface area contributed by atoms with Gasteiger partial charge in [-0.2, -0.15) is 13.2 Å². The highest BCUT2D eigenvalue weighted by molar-refractivity contribution is 5.71. The van der Waals surface area contributed by atoms with Gasteiger partial charge in [-0.05, 0) is 43.4 Å². The van der Waals surface area contributed by atoms with Crippen LogP contribution in [0.1, 0.15) is 74.2 Å². The fraction of sp³-hybridized carbons (Fsp3) is 0.483. The van der Waals surface area contributed by atoms with E-state index in [4.69, 9.17) is 10.7 Å². The smallest absolute Gasteiger partial charge is 0.383 e. The summed E-state index contributed by atoms with van der Waals surface area (Å²) in [5.74, 6) is 1.70. The number of piperidine rings is 1. The van der Waals surface area contributed by atoms with Crippen LogP contribution in [0.15, 0.2) is 37.3 Å². The number of hydrogen-bond acceptors (Lipinski definition) is 5. The molecule has 0 spiro atoms. The molecule has 2 N–H and O–H groups in total. The number of benzene rings is 1. The zero-order chi connectivity index (χ0) is 27.6. The Bertz CT molecular complexity index is 1310. The van der Waals surface area contributed by atoms with Crippen molar-refractivity contribution in [1.29, 1.82) is 0 Å². The van der Waals surface area contributed by atoms with Crippen LogP contribution in [0.25, 0.3) is 17.3 Å². The molecule has 0 atom stereocenters. The van der Waals surface area contributed by atoms with Crippen LogP contribution in [-0.2, 0) is 12.7 Å². The lowest BCUT2D eigenvalue weighted by atomic mass is 9.82. The number of halogens is 4. The summed E-state index contributed by atoms with van der Waals surface area (Å²) in [7, 11) is 0. The lowest BCUT2D eigenvalue weighted by Crippen LogP contribution is -2.35. The van der Waals surface area contributed by atoms with Crippen LogP contribution in [-0.4, -0.2) is 32.6 Å². The Morgan fingerprint density at radius 1 is 1.08 bits per heavy atom. The number of imidazole rings is 1. The first kappa shape index (κ1) is 27.1. The van der Waals surface area contributed by atoms with Gasteiger partial charge in [-0.15, -0.1) is 0 Å². The van der Waals surface area contributed by atoms with Gasteiger partial charge in [0.25, 0.3) is 0 Å². The standard InChI is InChI=1S/C29H34F4N6/c1-2-22-26(34)35-18-36-28(22)38-14-11-20(12-15-38)27-37-25(17-39(27)13-4-3-6-19-7-5-8-19)21-9-10-24(30)23(16-21)29(31,32)33/h2,9-10,16-20H,1,3-8,11-15H2,(H2,34,35,36). The van der Waals surface area contributed by atoms with Gasteiger partial charge < -0.3 is 15.2 Å². The molecule has 0 bridgehead atoms. The molecule has 6 nitrogen and oxygen atoms in total. The van der Waals surface area contributed by atoms with Gasteiger partial charge in [-0.1, -0.05) is 44.8 Å². The Labute approximate surface area is 226 Å². The van der Waals surface area contributed by atoms with Gasteiger partial charge in [0.2, 0.25) is 0 Å². The highest BCUT2D eigenvalue weighted by Crippen LogP contribution is 2.37.